The zero-order valence-electron chi connectivity index (χ0n) is 9.99. The molecule has 9 heteroatoms. The average Bonchev–Trinajstić information content (AvgIpc) is 2.94. The van der Waals surface area contributed by atoms with Crippen molar-refractivity contribution >= 4 is 57.9 Å². The Kier molecular flexibility index (Phi) is 3.71. The fraction of sp³-hybridized carbons (Fsp3) is 0. The van der Waals surface area contributed by atoms with Crippen molar-refractivity contribution in [2.45, 2.75) is 0 Å². The quantitative estimate of drug-likeness (QED) is 0.755. The SMILES string of the molecule is O=C1NN=C(c2cccs2)Oc2c(Cl)c(Cl)c(O)c(Cl)c21. The van der Waals surface area contributed by atoms with Crippen LogP contribution in [0, 0.1) is 0 Å². The summed E-state index contributed by atoms with van der Waals surface area (Å²) in [6, 6.07) is 3.57. The third kappa shape index (κ3) is 2.34. The molecule has 2 N–H and O–H groups in total. The van der Waals surface area contributed by atoms with Crippen LogP contribution in [0.1, 0.15) is 15.2 Å². The van der Waals surface area contributed by atoms with Gasteiger partial charge in [0.1, 0.15) is 20.6 Å². The molecule has 1 aliphatic heterocycles. The van der Waals surface area contributed by atoms with E-state index in [0.29, 0.717) is 4.88 Å². The smallest absolute Gasteiger partial charge is 0.277 e. The summed E-state index contributed by atoms with van der Waals surface area (Å²) < 4.78 is 5.58. The minimum Gasteiger partial charge on any atom is -0.505 e. The fourth-order valence-corrected chi connectivity index (χ4v) is 3.08. The highest BCUT2D eigenvalue weighted by molar-refractivity contribution is 7.12. The molecule has 3 rings (SSSR count). The summed E-state index contributed by atoms with van der Waals surface area (Å²) in [5, 5.41) is 14.9. The van der Waals surface area contributed by atoms with Gasteiger partial charge in [0.2, 0.25) is 0 Å². The maximum Gasteiger partial charge on any atom is 0.277 e. The highest BCUT2D eigenvalue weighted by atomic mass is 35.5. The first-order valence-electron chi connectivity index (χ1n) is 5.50. The van der Waals surface area contributed by atoms with Crippen LogP contribution in [0.4, 0.5) is 0 Å². The van der Waals surface area contributed by atoms with Crippen molar-refractivity contribution < 1.29 is 14.6 Å². The fourth-order valence-electron chi connectivity index (χ4n) is 1.71. The van der Waals surface area contributed by atoms with Gasteiger partial charge in [-0.25, -0.2) is 5.43 Å². The van der Waals surface area contributed by atoms with E-state index in [1.54, 1.807) is 12.1 Å². The number of nitrogens with one attached hydrogen (secondary N) is 1. The van der Waals surface area contributed by atoms with Crippen LogP contribution in [-0.2, 0) is 0 Å². The summed E-state index contributed by atoms with van der Waals surface area (Å²) in [6.45, 7) is 0. The highest BCUT2D eigenvalue weighted by Crippen LogP contribution is 2.47. The molecule has 0 atom stereocenters. The van der Waals surface area contributed by atoms with Gasteiger partial charge in [0, 0.05) is 0 Å². The van der Waals surface area contributed by atoms with Crippen LogP contribution in [0.15, 0.2) is 22.6 Å². The second kappa shape index (κ2) is 5.38. The van der Waals surface area contributed by atoms with Crippen LogP contribution in [-0.4, -0.2) is 16.9 Å². The van der Waals surface area contributed by atoms with Crippen LogP contribution < -0.4 is 10.2 Å². The standard InChI is InChI=1S/C12H5Cl3N2O3S/c13-6-5-10(8(15)7(14)9(6)18)20-12(17-16-11(5)19)4-2-1-3-21-4/h1-3,18H,(H,16,19). The maximum atomic E-state index is 12.1. The van der Waals surface area contributed by atoms with Gasteiger partial charge in [0.15, 0.2) is 11.5 Å². The van der Waals surface area contributed by atoms with Crippen molar-refractivity contribution in [3.8, 4) is 11.5 Å². The number of rotatable bonds is 1. The summed E-state index contributed by atoms with van der Waals surface area (Å²) in [5.41, 5.74) is 2.16. The second-order valence-corrected chi connectivity index (χ2v) is 6.01. The molecule has 0 bridgehead atoms. The number of hydrazone groups is 1. The number of thiophene rings is 1. The maximum absolute atomic E-state index is 12.1. The molecule has 21 heavy (non-hydrogen) atoms. The zero-order chi connectivity index (χ0) is 15.1. The Morgan fingerprint density at radius 3 is 2.67 bits per heavy atom. The number of carbonyl (C=O) groups excluding carboxylic acids is 1. The van der Waals surface area contributed by atoms with Crippen molar-refractivity contribution in [2.75, 3.05) is 0 Å². The Morgan fingerprint density at radius 1 is 1.24 bits per heavy atom. The molecule has 0 fully saturated rings. The lowest BCUT2D eigenvalue weighted by atomic mass is 10.1. The van der Waals surface area contributed by atoms with Crippen molar-refractivity contribution in [3.05, 3.63) is 43.0 Å². The van der Waals surface area contributed by atoms with Gasteiger partial charge in [0.05, 0.1) is 4.88 Å². The molecule has 5 nitrogen and oxygen atoms in total. The predicted octanol–water partition coefficient (Wildman–Crippen LogP) is 3.90. The number of amides is 1. The molecule has 1 aromatic heterocycles. The second-order valence-electron chi connectivity index (χ2n) is 3.93. The predicted molar refractivity (Wildman–Crippen MR) is 82.1 cm³/mol. The molecule has 2 aromatic rings. The number of hydrogen-bond acceptors (Lipinski definition) is 5. The van der Waals surface area contributed by atoms with Crippen molar-refractivity contribution in [1.29, 1.82) is 0 Å². The summed E-state index contributed by atoms with van der Waals surface area (Å²) in [7, 11) is 0. The molecule has 1 aliphatic rings. The van der Waals surface area contributed by atoms with Crippen LogP contribution in [0.5, 0.6) is 11.5 Å². The number of ether oxygens (including phenoxy) is 1. The minimum absolute atomic E-state index is 0.0494. The van der Waals surface area contributed by atoms with Gasteiger partial charge < -0.3 is 9.84 Å². The molecule has 0 saturated carbocycles. The Balaban J connectivity index is 2.21. The van der Waals surface area contributed by atoms with E-state index in [9.17, 15) is 9.90 Å². The number of nitrogens with zero attached hydrogens (tertiary/aromatic N) is 1. The third-order valence-corrected chi connectivity index (χ3v) is 4.72. The Morgan fingerprint density at radius 2 is 2.00 bits per heavy atom. The number of fused-ring (bicyclic) bond motifs is 1. The van der Waals surface area contributed by atoms with Crippen molar-refractivity contribution in [1.82, 2.24) is 5.43 Å². The average molecular weight is 364 g/mol. The molecular formula is C12H5Cl3N2O3S. The van der Waals surface area contributed by atoms with Gasteiger partial charge in [-0.1, -0.05) is 40.9 Å². The summed E-state index contributed by atoms with van der Waals surface area (Å²) in [4.78, 5) is 12.7. The molecule has 0 aliphatic carbocycles. The number of carbonyl (C=O) groups is 1. The van der Waals surface area contributed by atoms with E-state index in [-0.39, 0.29) is 32.3 Å². The van der Waals surface area contributed by atoms with Gasteiger partial charge in [-0.05, 0) is 11.4 Å². The monoisotopic (exact) mass is 362 g/mol. The topological polar surface area (TPSA) is 70.9 Å². The number of aromatic hydroxyl groups is 1. The summed E-state index contributed by atoms with van der Waals surface area (Å²) in [6.07, 6.45) is 0. The molecule has 1 amide bonds. The number of phenols is 1. The van der Waals surface area contributed by atoms with E-state index < -0.39 is 11.7 Å². The molecule has 1 aromatic carbocycles. The zero-order valence-corrected chi connectivity index (χ0v) is 13.1. The van der Waals surface area contributed by atoms with Crippen LogP contribution in [0.2, 0.25) is 15.1 Å². The minimum atomic E-state index is -0.657. The Labute approximate surface area is 137 Å². The van der Waals surface area contributed by atoms with Crippen LogP contribution in [0.25, 0.3) is 0 Å². The third-order valence-electron chi connectivity index (χ3n) is 2.67. The van der Waals surface area contributed by atoms with E-state index in [1.807, 2.05) is 5.38 Å². The molecule has 108 valence electrons. The van der Waals surface area contributed by atoms with Gasteiger partial charge in [-0.15, -0.1) is 16.4 Å². The first-order chi connectivity index (χ1) is 10.0. The molecule has 0 saturated heterocycles. The molecule has 0 radical (unpaired) electrons. The van der Waals surface area contributed by atoms with Crippen LogP contribution >= 0.6 is 46.1 Å². The number of hydrogen-bond donors (Lipinski definition) is 2. The van der Waals surface area contributed by atoms with E-state index >= 15 is 0 Å². The van der Waals surface area contributed by atoms with Crippen molar-refractivity contribution in [2.24, 2.45) is 5.10 Å². The normalized spacial score (nSPS) is 13.9. The molecule has 0 spiro atoms. The van der Waals surface area contributed by atoms with Gasteiger partial charge in [0.25, 0.3) is 11.8 Å². The Hall–Kier alpha value is -1.47. The van der Waals surface area contributed by atoms with E-state index in [0.717, 1.165) is 0 Å². The van der Waals surface area contributed by atoms with Gasteiger partial charge in [-0.2, -0.15) is 0 Å². The number of phenolic OH excluding ortho intramolecular Hbond substituents is 1. The highest BCUT2D eigenvalue weighted by Gasteiger charge is 2.30. The molecular weight excluding hydrogens is 359 g/mol. The lowest BCUT2D eigenvalue weighted by Crippen LogP contribution is -2.17. The number of benzene rings is 1. The number of halogens is 3. The summed E-state index contributed by atoms with van der Waals surface area (Å²) in [5.74, 6) is -1.04. The van der Waals surface area contributed by atoms with Gasteiger partial charge >= 0.3 is 0 Å². The lowest BCUT2D eigenvalue weighted by Gasteiger charge is -2.13. The van der Waals surface area contributed by atoms with E-state index in [2.05, 4.69) is 10.5 Å². The lowest BCUT2D eigenvalue weighted by molar-refractivity contribution is 0.0955. The largest absolute Gasteiger partial charge is 0.505 e. The van der Waals surface area contributed by atoms with E-state index in [4.69, 9.17) is 39.5 Å². The molecule has 0 unspecified atom stereocenters. The summed E-state index contributed by atoms with van der Waals surface area (Å²) >= 11 is 19.2. The molecule has 2 heterocycles. The van der Waals surface area contributed by atoms with Crippen LogP contribution in [0.3, 0.4) is 0 Å². The first-order valence-corrected chi connectivity index (χ1v) is 7.51. The first kappa shape index (κ1) is 14.5. The van der Waals surface area contributed by atoms with E-state index in [1.165, 1.54) is 11.3 Å². The van der Waals surface area contributed by atoms with Crippen molar-refractivity contribution in [3.63, 3.8) is 0 Å². The van der Waals surface area contributed by atoms with Gasteiger partial charge in [-0.3, -0.25) is 4.79 Å². The Bertz CT molecular complexity index is 775.